The summed E-state index contributed by atoms with van der Waals surface area (Å²) in [5, 5.41) is 5.68. The van der Waals surface area contributed by atoms with E-state index < -0.39 is 0 Å². The Labute approximate surface area is 210 Å². The number of hydrogen-bond donors (Lipinski definition) is 1. The number of nitrogens with one attached hydrogen (secondary N) is 1. The molecule has 0 unspecified atom stereocenters. The van der Waals surface area contributed by atoms with Crippen molar-refractivity contribution < 1.29 is 4.39 Å². The van der Waals surface area contributed by atoms with Crippen LogP contribution in [0.5, 0.6) is 0 Å². The molecule has 9 heteroatoms. The lowest BCUT2D eigenvalue weighted by Gasteiger charge is -2.46. The van der Waals surface area contributed by atoms with E-state index in [1.807, 2.05) is 32.6 Å². The van der Waals surface area contributed by atoms with Gasteiger partial charge in [0.1, 0.15) is 17.8 Å². The van der Waals surface area contributed by atoms with E-state index in [1.54, 1.807) is 18.5 Å². The van der Waals surface area contributed by atoms with Crippen LogP contribution in [-0.2, 0) is 13.1 Å². The van der Waals surface area contributed by atoms with Gasteiger partial charge in [0, 0.05) is 68.7 Å². The summed E-state index contributed by atoms with van der Waals surface area (Å²) in [4.78, 5) is 19.1. The molecule has 36 heavy (non-hydrogen) atoms. The summed E-state index contributed by atoms with van der Waals surface area (Å²) in [7, 11) is 4.03. The summed E-state index contributed by atoms with van der Waals surface area (Å²) in [6, 6.07) is 8.54. The molecule has 2 fully saturated rings. The van der Waals surface area contributed by atoms with Crippen LogP contribution in [0.4, 0.5) is 4.39 Å². The van der Waals surface area contributed by atoms with Crippen molar-refractivity contribution in [3.8, 4) is 11.3 Å². The summed E-state index contributed by atoms with van der Waals surface area (Å²) >= 11 is 0. The number of fused-ring (bicyclic) bond motifs is 1. The van der Waals surface area contributed by atoms with E-state index in [4.69, 9.17) is 0 Å². The van der Waals surface area contributed by atoms with Crippen LogP contribution in [0.3, 0.4) is 0 Å². The van der Waals surface area contributed by atoms with Crippen LogP contribution in [0.2, 0.25) is 0 Å². The van der Waals surface area contributed by atoms with Crippen LogP contribution in [0, 0.1) is 5.82 Å². The standard InChI is InChI=1S/C27H33FN8/c1-33(2)15-19-9-20(11-22(28)10-19)16-34-5-7-35(8-6-34)23-12-24(13-23)36-17-21(14-32-36)26-25-3-4-29-27(25)31-18-30-26/h3-4,9-11,14,17-18,23-24H,5-8,12-13,15-16H2,1-2H3,(H,29,30,31). The second-order valence-electron chi connectivity index (χ2n) is 10.5. The molecule has 8 nitrogen and oxygen atoms in total. The van der Waals surface area contributed by atoms with Crippen LogP contribution in [0.25, 0.3) is 22.3 Å². The van der Waals surface area contributed by atoms with Crippen molar-refractivity contribution in [3.63, 3.8) is 0 Å². The lowest BCUT2D eigenvalue weighted by atomic mass is 9.85. The fourth-order valence-corrected chi connectivity index (χ4v) is 5.65. The van der Waals surface area contributed by atoms with E-state index >= 15 is 0 Å². The predicted molar refractivity (Wildman–Crippen MR) is 138 cm³/mol. The third kappa shape index (κ3) is 4.78. The van der Waals surface area contributed by atoms with Crippen molar-refractivity contribution >= 4 is 11.0 Å². The molecule has 1 aliphatic heterocycles. The summed E-state index contributed by atoms with van der Waals surface area (Å²) in [5.41, 5.74) is 4.91. The first kappa shape index (κ1) is 23.3. The minimum Gasteiger partial charge on any atom is -0.346 e. The third-order valence-corrected chi connectivity index (χ3v) is 7.54. The van der Waals surface area contributed by atoms with Gasteiger partial charge in [-0.3, -0.25) is 14.5 Å². The molecular weight excluding hydrogens is 455 g/mol. The van der Waals surface area contributed by atoms with Crippen molar-refractivity contribution in [1.29, 1.82) is 0 Å². The number of nitrogens with zero attached hydrogens (tertiary/aromatic N) is 7. The highest BCUT2D eigenvalue weighted by Crippen LogP contribution is 2.37. The minimum absolute atomic E-state index is 0.137. The monoisotopic (exact) mass is 488 g/mol. The van der Waals surface area contributed by atoms with E-state index in [0.717, 1.165) is 85.5 Å². The molecule has 2 aliphatic rings. The van der Waals surface area contributed by atoms with Crippen molar-refractivity contribution in [2.75, 3.05) is 40.3 Å². The Morgan fingerprint density at radius 1 is 1.03 bits per heavy atom. The van der Waals surface area contributed by atoms with Crippen LogP contribution in [0.15, 0.2) is 49.2 Å². The zero-order valence-corrected chi connectivity index (χ0v) is 20.9. The number of piperazine rings is 1. The Morgan fingerprint density at radius 2 is 1.83 bits per heavy atom. The van der Waals surface area contributed by atoms with Gasteiger partial charge in [0.2, 0.25) is 0 Å². The SMILES string of the molecule is CN(C)Cc1cc(F)cc(CN2CCN(C3CC(n4cc(-c5ncnc6[nH]ccc56)cn4)C3)CC2)c1. The van der Waals surface area contributed by atoms with Gasteiger partial charge in [-0.2, -0.15) is 5.10 Å². The second-order valence-corrected chi connectivity index (χ2v) is 10.5. The predicted octanol–water partition coefficient (Wildman–Crippen LogP) is 3.54. The van der Waals surface area contributed by atoms with E-state index in [9.17, 15) is 4.39 Å². The molecule has 1 aliphatic carbocycles. The molecule has 6 rings (SSSR count). The molecule has 1 saturated carbocycles. The van der Waals surface area contributed by atoms with E-state index in [1.165, 1.54) is 0 Å². The zero-order valence-electron chi connectivity index (χ0n) is 20.9. The molecule has 1 N–H and O–H groups in total. The van der Waals surface area contributed by atoms with Crippen LogP contribution in [-0.4, -0.2) is 85.7 Å². The molecular formula is C27H33FN8. The first-order chi connectivity index (χ1) is 17.5. The number of halogens is 1. The Bertz CT molecular complexity index is 1330. The third-order valence-electron chi connectivity index (χ3n) is 7.54. The second kappa shape index (κ2) is 9.72. The maximum absolute atomic E-state index is 14.1. The van der Waals surface area contributed by atoms with Gasteiger partial charge in [-0.15, -0.1) is 0 Å². The van der Waals surface area contributed by atoms with Gasteiger partial charge >= 0.3 is 0 Å². The number of hydrogen-bond acceptors (Lipinski definition) is 6. The first-order valence-corrected chi connectivity index (χ1v) is 12.7. The zero-order chi connectivity index (χ0) is 24.6. The smallest absolute Gasteiger partial charge is 0.141 e. The average Bonchev–Trinajstić information content (AvgIpc) is 3.48. The van der Waals surface area contributed by atoms with Crippen molar-refractivity contribution in [2.24, 2.45) is 0 Å². The summed E-state index contributed by atoms with van der Waals surface area (Å²) in [6.07, 6.45) is 9.78. The summed E-state index contributed by atoms with van der Waals surface area (Å²) < 4.78 is 16.2. The molecule has 1 saturated heterocycles. The molecule has 188 valence electrons. The van der Waals surface area contributed by atoms with Gasteiger partial charge in [-0.25, -0.2) is 14.4 Å². The van der Waals surface area contributed by atoms with Crippen molar-refractivity contribution in [2.45, 2.75) is 38.0 Å². The van der Waals surface area contributed by atoms with Crippen LogP contribution >= 0.6 is 0 Å². The molecule has 4 aromatic rings. The number of aromatic amines is 1. The Hall–Kier alpha value is -3.14. The fourth-order valence-electron chi connectivity index (χ4n) is 5.65. The number of rotatable bonds is 7. The molecule has 0 radical (unpaired) electrons. The highest BCUT2D eigenvalue weighted by molar-refractivity contribution is 5.89. The average molecular weight is 489 g/mol. The minimum atomic E-state index is -0.137. The maximum Gasteiger partial charge on any atom is 0.141 e. The summed E-state index contributed by atoms with van der Waals surface area (Å²) in [6.45, 7) is 5.74. The van der Waals surface area contributed by atoms with E-state index in [2.05, 4.69) is 51.7 Å². The van der Waals surface area contributed by atoms with Crippen LogP contribution < -0.4 is 0 Å². The lowest BCUT2D eigenvalue weighted by Crippen LogP contribution is -2.54. The highest BCUT2D eigenvalue weighted by atomic mass is 19.1. The normalized spacial score (nSPS) is 21.3. The molecule has 3 aromatic heterocycles. The molecule has 0 spiro atoms. The van der Waals surface area contributed by atoms with Gasteiger partial charge in [0.05, 0.1) is 17.9 Å². The van der Waals surface area contributed by atoms with Gasteiger partial charge < -0.3 is 9.88 Å². The number of benzene rings is 1. The fraction of sp³-hybridized carbons (Fsp3) is 0.444. The van der Waals surface area contributed by atoms with E-state index in [0.29, 0.717) is 12.1 Å². The summed E-state index contributed by atoms with van der Waals surface area (Å²) in [5.74, 6) is -0.137. The molecule has 0 bridgehead atoms. The number of H-pyrrole nitrogens is 1. The first-order valence-electron chi connectivity index (χ1n) is 12.7. The molecule has 0 amide bonds. The van der Waals surface area contributed by atoms with Gasteiger partial charge in [0.15, 0.2) is 0 Å². The largest absolute Gasteiger partial charge is 0.346 e. The molecule has 1 aromatic carbocycles. The topological polar surface area (TPSA) is 69.1 Å². The van der Waals surface area contributed by atoms with Gasteiger partial charge in [0.25, 0.3) is 0 Å². The highest BCUT2D eigenvalue weighted by Gasteiger charge is 2.36. The van der Waals surface area contributed by atoms with Crippen molar-refractivity contribution in [1.82, 2.24) is 39.4 Å². The number of aromatic nitrogens is 5. The Balaban J connectivity index is 1.01. The Morgan fingerprint density at radius 3 is 2.64 bits per heavy atom. The van der Waals surface area contributed by atoms with Gasteiger partial charge in [-0.05, 0) is 56.3 Å². The maximum atomic E-state index is 14.1. The molecule has 0 atom stereocenters. The van der Waals surface area contributed by atoms with Gasteiger partial charge in [-0.1, -0.05) is 6.07 Å². The van der Waals surface area contributed by atoms with Crippen LogP contribution in [0.1, 0.15) is 30.0 Å². The quantitative estimate of drug-likeness (QED) is 0.429. The van der Waals surface area contributed by atoms with Crippen molar-refractivity contribution in [3.05, 3.63) is 66.1 Å². The lowest BCUT2D eigenvalue weighted by molar-refractivity contribution is 0.0314. The molecule has 4 heterocycles. The van der Waals surface area contributed by atoms with E-state index in [-0.39, 0.29) is 5.82 Å². The Kier molecular flexibility index (Phi) is 6.29.